The fourth-order valence-corrected chi connectivity index (χ4v) is 3.48. The van der Waals surface area contributed by atoms with Gasteiger partial charge in [0.05, 0.1) is 35.6 Å². The van der Waals surface area contributed by atoms with Crippen LogP contribution in [0.1, 0.15) is 0 Å². The van der Waals surface area contributed by atoms with E-state index in [1.807, 2.05) is 55.4 Å². The summed E-state index contributed by atoms with van der Waals surface area (Å²) in [6.45, 7) is 0. The molecule has 0 unspecified atom stereocenters. The molecule has 0 aliphatic carbocycles. The van der Waals surface area contributed by atoms with E-state index in [-0.39, 0.29) is 0 Å². The van der Waals surface area contributed by atoms with Crippen molar-refractivity contribution in [1.29, 1.82) is 0 Å². The molecule has 0 spiro atoms. The van der Waals surface area contributed by atoms with Crippen LogP contribution in [0.5, 0.6) is 0 Å². The van der Waals surface area contributed by atoms with Crippen molar-refractivity contribution in [3.8, 4) is 11.6 Å². The Labute approximate surface area is 144 Å². The highest BCUT2D eigenvalue weighted by molar-refractivity contribution is 5.80. The van der Waals surface area contributed by atoms with E-state index in [0.29, 0.717) is 0 Å². The molecule has 0 aliphatic heterocycles. The number of imidazole rings is 2. The van der Waals surface area contributed by atoms with Gasteiger partial charge in [0.2, 0.25) is 12.0 Å². The molecule has 7 nitrogen and oxygen atoms in total. The summed E-state index contributed by atoms with van der Waals surface area (Å²) < 4.78 is 12.6. The summed E-state index contributed by atoms with van der Waals surface area (Å²) in [5.74, 6) is 3.06. The second kappa shape index (κ2) is 4.83. The van der Waals surface area contributed by atoms with Crippen LogP contribution in [0, 0.1) is 0 Å². The van der Waals surface area contributed by atoms with E-state index < -0.39 is 0 Å². The van der Waals surface area contributed by atoms with Gasteiger partial charge in [-0.2, -0.15) is 4.68 Å². The molecule has 0 saturated carbocycles. The van der Waals surface area contributed by atoms with Crippen molar-refractivity contribution in [1.82, 2.24) is 23.3 Å². The Bertz CT molecular complexity index is 1230. The smallest absolute Gasteiger partial charge is 0.296 e. The van der Waals surface area contributed by atoms with Crippen LogP contribution in [0.2, 0.25) is 0 Å². The van der Waals surface area contributed by atoms with Crippen molar-refractivity contribution in [3.05, 3.63) is 61.2 Å². The van der Waals surface area contributed by atoms with E-state index >= 15 is 0 Å². The second-order valence-corrected chi connectivity index (χ2v) is 6.27. The lowest BCUT2D eigenvalue weighted by Crippen LogP contribution is -2.47. The van der Waals surface area contributed by atoms with Gasteiger partial charge in [-0.3, -0.25) is 8.97 Å². The minimum absolute atomic E-state index is 0.929. The van der Waals surface area contributed by atoms with Gasteiger partial charge in [-0.25, -0.2) is 4.98 Å². The summed E-state index contributed by atoms with van der Waals surface area (Å²) in [6.07, 6.45) is 8.28. The monoisotopic (exact) mass is 333 g/mol. The highest BCUT2D eigenvalue weighted by atomic mass is 15.5. The lowest BCUT2D eigenvalue weighted by atomic mass is 10.3. The zero-order valence-corrected chi connectivity index (χ0v) is 14.4. The van der Waals surface area contributed by atoms with E-state index in [0.717, 1.165) is 28.4 Å². The van der Waals surface area contributed by atoms with Crippen molar-refractivity contribution < 1.29 is 9.36 Å². The molecule has 25 heavy (non-hydrogen) atoms. The van der Waals surface area contributed by atoms with Crippen molar-refractivity contribution in [2.45, 2.75) is 0 Å². The van der Waals surface area contributed by atoms with Gasteiger partial charge in [0, 0.05) is 11.7 Å². The first kappa shape index (κ1) is 14.0. The Morgan fingerprint density at radius 2 is 1.80 bits per heavy atom. The summed E-state index contributed by atoms with van der Waals surface area (Å²) >= 11 is 0. The van der Waals surface area contributed by atoms with E-state index in [2.05, 4.69) is 54.6 Å². The predicted molar refractivity (Wildman–Crippen MR) is 92.7 cm³/mol. The highest BCUT2D eigenvalue weighted by Gasteiger charge is 2.23. The van der Waals surface area contributed by atoms with Crippen LogP contribution in [0.4, 0.5) is 0 Å². The van der Waals surface area contributed by atoms with Gasteiger partial charge in [-0.05, 0) is 16.8 Å². The van der Waals surface area contributed by atoms with Gasteiger partial charge in [-0.1, -0.05) is 12.1 Å². The molecule has 0 aliphatic rings. The molecule has 4 heterocycles. The first-order valence-electron chi connectivity index (χ1n) is 8.19. The number of benzene rings is 1. The van der Waals surface area contributed by atoms with Gasteiger partial charge >= 0.3 is 5.82 Å². The van der Waals surface area contributed by atoms with Gasteiger partial charge in [0.1, 0.15) is 7.05 Å². The van der Waals surface area contributed by atoms with Crippen LogP contribution in [0.3, 0.4) is 0 Å². The first-order valence-corrected chi connectivity index (χ1v) is 8.19. The first-order chi connectivity index (χ1) is 12.1. The molecule has 5 rings (SSSR count). The van der Waals surface area contributed by atoms with Gasteiger partial charge in [0.25, 0.3) is 0 Å². The minimum atomic E-state index is 0.929. The zero-order chi connectivity index (χ0) is 17.1. The summed E-state index contributed by atoms with van der Waals surface area (Å²) in [5, 5.41) is 0. The van der Waals surface area contributed by atoms with Crippen molar-refractivity contribution >= 4 is 16.8 Å². The van der Waals surface area contributed by atoms with Crippen LogP contribution >= 0.6 is 0 Å². The molecule has 0 atom stereocenters. The Kier molecular flexibility index (Phi) is 2.71. The summed E-state index contributed by atoms with van der Waals surface area (Å²) in [7, 11) is 6.13. The van der Waals surface area contributed by atoms with E-state index in [1.54, 1.807) is 0 Å². The maximum atomic E-state index is 4.76. The van der Waals surface area contributed by atoms with Crippen LogP contribution in [-0.4, -0.2) is 23.3 Å². The maximum absolute atomic E-state index is 4.76. The summed E-state index contributed by atoms with van der Waals surface area (Å²) in [6, 6.07) is 12.3. The minimum Gasteiger partial charge on any atom is -0.296 e. The number of nitrogens with zero attached hydrogens (tertiary/aromatic N) is 7. The SMILES string of the molecule is Cn1c(-n2ccc(-n3ccc[n+]3C)[n+]2C)cn2c3ccccc3nc12. The van der Waals surface area contributed by atoms with Crippen LogP contribution in [-0.2, 0) is 21.1 Å². The fourth-order valence-electron chi connectivity index (χ4n) is 3.48. The molecule has 5 aromatic rings. The number of hydrogen-bond acceptors (Lipinski definition) is 1. The number of hydrogen-bond donors (Lipinski definition) is 0. The Morgan fingerprint density at radius 3 is 2.60 bits per heavy atom. The summed E-state index contributed by atoms with van der Waals surface area (Å²) in [4.78, 5) is 4.76. The molecule has 0 N–H and O–H groups in total. The number of aromatic nitrogens is 7. The Morgan fingerprint density at radius 1 is 0.960 bits per heavy atom. The molecule has 124 valence electrons. The number of para-hydroxylation sites is 2. The molecule has 0 radical (unpaired) electrons. The second-order valence-electron chi connectivity index (χ2n) is 6.27. The molecular formula is C18H19N7+2. The predicted octanol–water partition coefficient (Wildman–Crippen LogP) is 1.06. The number of rotatable bonds is 2. The Hall–Kier alpha value is -3.35. The van der Waals surface area contributed by atoms with Gasteiger partial charge in [-0.15, -0.1) is 4.68 Å². The Balaban J connectivity index is 1.73. The van der Waals surface area contributed by atoms with E-state index in [9.17, 15) is 0 Å². The van der Waals surface area contributed by atoms with E-state index in [4.69, 9.17) is 4.98 Å². The van der Waals surface area contributed by atoms with Gasteiger partial charge < -0.3 is 0 Å². The van der Waals surface area contributed by atoms with Crippen molar-refractivity contribution in [2.24, 2.45) is 21.1 Å². The molecule has 0 saturated heterocycles. The van der Waals surface area contributed by atoms with E-state index in [1.165, 1.54) is 0 Å². The van der Waals surface area contributed by atoms with Crippen LogP contribution in [0.25, 0.3) is 28.4 Å². The van der Waals surface area contributed by atoms with Crippen molar-refractivity contribution in [3.63, 3.8) is 0 Å². The lowest BCUT2D eigenvalue weighted by Gasteiger charge is -2.04. The third-order valence-electron chi connectivity index (χ3n) is 4.82. The highest BCUT2D eigenvalue weighted by Crippen LogP contribution is 2.20. The largest absolute Gasteiger partial charge is 0.362 e. The zero-order valence-electron chi connectivity index (χ0n) is 14.4. The molecule has 0 fully saturated rings. The number of aryl methyl sites for hydroxylation is 2. The normalized spacial score (nSPS) is 11.8. The number of fused-ring (bicyclic) bond motifs is 3. The van der Waals surface area contributed by atoms with Gasteiger partial charge in [0.15, 0.2) is 19.1 Å². The molecule has 0 bridgehead atoms. The molecular weight excluding hydrogens is 314 g/mol. The molecule has 1 aromatic carbocycles. The molecule has 4 aromatic heterocycles. The standard InChI is InChI=1S/C18H19N7/c1-20-10-6-11-24(20)16-9-12-25(22(16)3)17-13-23-15-8-5-4-7-14(15)19-18(23)21(17)2/h4-13H,1-3H3/q+2. The summed E-state index contributed by atoms with van der Waals surface area (Å²) in [5.41, 5.74) is 2.13. The molecule has 7 heteroatoms. The van der Waals surface area contributed by atoms with Crippen LogP contribution < -0.4 is 9.36 Å². The maximum Gasteiger partial charge on any atom is 0.362 e. The lowest BCUT2D eigenvalue weighted by molar-refractivity contribution is -0.785. The quantitative estimate of drug-likeness (QED) is 0.445. The third-order valence-corrected chi connectivity index (χ3v) is 4.82. The average molecular weight is 333 g/mol. The topological polar surface area (TPSA) is 39.8 Å². The third kappa shape index (κ3) is 1.83. The van der Waals surface area contributed by atoms with Crippen LogP contribution in [0.15, 0.2) is 61.2 Å². The van der Waals surface area contributed by atoms with Crippen molar-refractivity contribution in [2.75, 3.05) is 0 Å². The average Bonchev–Trinajstić information content (AvgIpc) is 3.34. The molecule has 0 amide bonds. The fraction of sp³-hybridized carbons (Fsp3) is 0.167.